The van der Waals surface area contributed by atoms with E-state index < -0.39 is 0 Å². The molecule has 0 fully saturated rings. The summed E-state index contributed by atoms with van der Waals surface area (Å²) in [5, 5.41) is 11.3. The lowest BCUT2D eigenvalue weighted by molar-refractivity contribution is 0.0987. The van der Waals surface area contributed by atoms with Crippen LogP contribution in [0.4, 0.5) is 11.5 Å². The number of amides is 1. The Bertz CT molecular complexity index is 945. The van der Waals surface area contributed by atoms with Gasteiger partial charge in [-0.25, -0.2) is 0 Å². The molecular weight excluding hydrogens is 344 g/mol. The minimum atomic E-state index is -0.212. The monoisotopic (exact) mass is 362 g/mol. The van der Waals surface area contributed by atoms with Gasteiger partial charge in [0.25, 0.3) is 5.91 Å². The molecule has 0 atom stereocenters. The van der Waals surface area contributed by atoms with Crippen LogP contribution < -0.4 is 19.7 Å². The van der Waals surface area contributed by atoms with Gasteiger partial charge in [0.1, 0.15) is 5.82 Å². The summed E-state index contributed by atoms with van der Waals surface area (Å²) in [4.78, 5) is 14.1. The van der Waals surface area contributed by atoms with Crippen molar-refractivity contribution in [3.05, 3.63) is 71.9 Å². The molecule has 0 spiro atoms. The number of aromatic nitrogens is 2. The van der Waals surface area contributed by atoms with Crippen LogP contribution >= 0.6 is 0 Å². The number of benzene rings is 2. The Balaban J connectivity index is 1.39. The summed E-state index contributed by atoms with van der Waals surface area (Å²) in [7, 11) is 1.71. The maximum Gasteiger partial charge on any atom is 0.278 e. The van der Waals surface area contributed by atoms with E-state index in [-0.39, 0.29) is 18.4 Å². The number of rotatable bonds is 5. The Morgan fingerprint density at radius 1 is 1.04 bits per heavy atom. The van der Waals surface area contributed by atoms with Crippen molar-refractivity contribution >= 4 is 17.4 Å². The molecule has 0 radical (unpaired) electrons. The lowest BCUT2D eigenvalue weighted by Crippen LogP contribution is -2.27. The molecule has 1 N–H and O–H groups in total. The van der Waals surface area contributed by atoms with Crippen LogP contribution in [0.15, 0.2) is 60.7 Å². The fraction of sp³-hybridized carbons (Fsp3) is 0.150. The average molecular weight is 362 g/mol. The SMILES string of the molecule is CN(C(=O)c1ccc(NCc2ccc3c(c2)OCO3)nn1)c1ccccc1. The summed E-state index contributed by atoms with van der Waals surface area (Å²) >= 11 is 0. The summed E-state index contributed by atoms with van der Waals surface area (Å²) in [5.41, 5.74) is 2.12. The summed E-state index contributed by atoms with van der Waals surface area (Å²) in [6, 6.07) is 18.6. The number of hydrogen-bond acceptors (Lipinski definition) is 6. The first kappa shape index (κ1) is 16.8. The second-order valence-electron chi connectivity index (χ2n) is 6.04. The van der Waals surface area contributed by atoms with E-state index >= 15 is 0 Å². The molecule has 0 bridgehead atoms. The third-order valence-electron chi connectivity index (χ3n) is 4.24. The molecular formula is C20H18N4O3. The average Bonchev–Trinajstić information content (AvgIpc) is 3.20. The number of hydrogen-bond donors (Lipinski definition) is 1. The van der Waals surface area contributed by atoms with Gasteiger partial charge in [0.15, 0.2) is 17.2 Å². The Hall–Kier alpha value is -3.61. The molecule has 0 saturated heterocycles. The Labute approximate surface area is 156 Å². The van der Waals surface area contributed by atoms with E-state index in [1.807, 2.05) is 48.5 Å². The van der Waals surface area contributed by atoms with Gasteiger partial charge in [-0.2, -0.15) is 0 Å². The second-order valence-corrected chi connectivity index (χ2v) is 6.04. The molecule has 0 aliphatic carbocycles. The zero-order valence-corrected chi connectivity index (χ0v) is 14.8. The van der Waals surface area contributed by atoms with Crippen molar-refractivity contribution in [1.82, 2.24) is 10.2 Å². The van der Waals surface area contributed by atoms with Crippen LogP contribution in [0.2, 0.25) is 0 Å². The topological polar surface area (TPSA) is 76.6 Å². The molecule has 0 saturated carbocycles. The van der Waals surface area contributed by atoms with Crippen LogP contribution in [-0.4, -0.2) is 29.9 Å². The molecule has 2 aromatic carbocycles. The van der Waals surface area contributed by atoms with E-state index in [9.17, 15) is 4.79 Å². The summed E-state index contributed by atoms with van der Waals surface area (Å²) in [6.07, 6.45) is 0. The van der Waals surface area contributed by atoms with E-state index in [1.165, 1.54) is 0 Å². The largest absolute Gasteiger partial charge is 0.454 e. The Kier molecular flexibility index (Phi) is 4.57. The molecule has 1 aliphatic heterocycles. The summed E-state index contributed by atoms with van der Waals surface area (Å²) in [5.74, 6) is 1.87. The van der Waals surface area contributed by atoms with E-state index in [0.717, 1.165) is 22.7 Å². The van der Waals surface area contributed by atoms with Crippen molar-refractivity contribution in [3.8, 4) is 11.5 Å². The van der Waals surface area contributed by atoms with Crippen molar-refractivity contribution < 1.29 is 14.3 Å². The fourth-order valence-electron chi connectivity index (χ4n) is 2.72. The number of ether oxygens (including phenoxy) is 2. The van der Waals surface area contributed by atoms with E-state index in [0.29, 0.717) is 12.4 Å². The molecule has 136 valence electrons. The van der Waals surface area contributed by atoms with E-state index in [2.05, 4.69) is 15.5 Å². The minimum absolute atomic E-state index is 0.212. The molecule has 4 rings (SSSR count). The number of fused-ring (bicyclic) bond motifs is 1. The molecule has 7 nitrogen and oxygen atoms in total. The van der Waals surface area contributed by atoms with Crippen LogP contribution in [0.5, 0.6) is 11.5 Å². The van der Waals surface area contributed by atoms with Crippen LogP contribution in [-0.2, 0) is 6.54 Å². The van der Waals surface area contributed by atoms with Gasteiger partial charge in [-0.15, -0.1) is 10.2 Å². The maximum absolute atomic E-state index is 12.5. The van der Waals surface area contributed by atoms with E-state index in [4.69, 9.17) is 9.47 Å². The zero-order valence-electron chi connectivity index (χ0n) is 14.8. The number of carbonyl (C=O) groups excluding carboxylic acids is 1. The highest BCUT2D eigenvalue weighted by Gasteiger charge is 2.16. The molecule has 0 unspecified atom stereocenters. The van der Waals surface area contributed by atoms with Gasteiger partial charge in [0.05, 0.1) is 0 Å². The third-order valence-corrected chi connectivity index (χ3v) is 4.24. The maximum atomic E-state index is 12.5. The van der Waals surface area contributed by atoms with Crippen molar-refractivity contribution in [2.24, 2.45) is 0 Å². The van der Waals surface area contributed by atoms with Gasteiger partial charge >= 0.3 is 0 Å². The van der Waals surface area contributed by atoms with Crippen LogP contribution in [0.25, 0.3) is 0 Å². The van der Waals surface area contributed by atoms with Crippen molar-refractivity contribution in [2.45, 2.75) is 6.54 Å². The fourth-order valence-corrected chi connectivity index (χ4v) is 2.72. The highest BCUT2D eigenvalue weighted by Crippen LogP contribution is 2.32. The zero-order chi connectivity index (χ0) is 18.6. The van der Waals surface area contributed by atoms with Gasteiger partial charge in [0.2, 0.25) is 6.79 Å². The van der Waals surface area contributed by atoms with Crippen molar-refractivity contribution in [1.29, 1.82) is 0 Å². The first-order valence-electron chi connectivity index (χ1n) is 8.50. The lowest BCUT2D eigenvalue weighted by Gasteiger charge is -2.16. The molecule has 2 heterocycles. The molecule has 7 heteroatoms. The summed E-state index contributed by atoms with van der Waals surface area (Å²) in [6.45, 7) is 0.813. The number of nitrogens with one attached hydrogen (secondary N) is 1. The van der Waals surface area contributed by atoms with Gasteiger partial charge in [0, 0.05) is 19.3 Å². The smallest absolute Gasteiger partial charge is 0.278 e. The van der Waals surface area contributed by atoms with Gasteiger partial charge < -0.3 is 19.7 Å². The predicted molar refractivity (Wildman–Crippen MR) is 101 cm³/mol. The van der Waals surface area contributed by atoms with Crippen LogP contribution in [0.1, 0.15) is 16.1 Å². The first-order chi connectivity index (χ1) is 13.2. The van der Waals surface area contributed by atoms with E-state index in [1.54, 1.807) is 24.1 Å². The van der Waals surface area contributed by atoms with Crippen molar-refractivity contribution in [2.75, 3.05) is 24.1 Å². The minimum Gasteiger partial charge on any atom is -0.454 e. The normalized spacial score (nSPS) is 11.9. The predicted octanol–water partition coefficient (Wildman–Crippen LogP) is 3.09. The molecule has 1 aliphatic rings. The molecule has 1 aromatic heterocycles. The quantitative estimate of drug-likeness (QED) is 0.752. The van der Waals surface area contributed by atoms with Crippen LogP contribution in [0.3, 0.4) is 0 Å². The number of carbonyl (C=O) groups is 1. The third kappa shape index (κ3) is 3.67. The molecule has 1 amide bonds. The summed E-state index contributed by atoms with van der Waals surface area (Å²) < 4.78 is 10.7. The number of nitrogens with zero attached hydrogens (tertiary/aromatic N) is 3. The van der Waals surface area contributed by atoms with Gasteiger partial charge in [-0.05, 0) is 42.0 Å². The number of anilines is 2. The molecule has 3 aromatic rings. The van der Waals surface area contributed by atoms with Crippen LogP contribution in [0, 0.1) is 0 Å². The van der Waals surface area contributed by atoms with Gasteiger partial charge in [-0.1, -0.05) is 24.3 Å². The first-order valence-corrected chi connectivity index (χ1v) is 8.50. The van der Waals surface area contributed by atoms with Gasteiger partial charge in [-0.3, -0.25) is 4.79 Å². The Morgan fingerprint density at radius 3 is 2.63 bits per heavy atom. The van der Waals surface area contributed by atoms with Crippen molar-refractivity contribution in [3.63, 3.8) is 0 Å². The Morgan fingerprint density at radius 2 is 1.85 bits per heavy atom. The number of para-hydroxylation sites is 1. The highest BCUT2D eigenvalue weighted by molar-refractivity contribution is 6.04. The standard InChI is InChI=1S/C20H18N4O3/c1-24(15-5-3-2-4-6-15)20(25)16-8-10-19(23-22-16)21-12-14-7-9-17-18(11-14)27-13-26-17/h2-11H,12-13H2,1H3,(H,21,23). The second kappa shape index (κ2) is 7.33. The highest BCUT2D eigenvalue weighted by atomic mass is 16.7. The molecule has 27 heavy (non-hydrogen) atoms. The lowest BCUT2D eigenvalue weighted by atomic mass is 10.2.